The van der Waals surface area contributed by atoms with Gasteiger partial charge >= 0.3 is 0 Å². The van der Waals surface area contributed by atoms with E-state index in [9.17, 15) is 0 Å². The molecule has 3 rings (SSSR count). The van der Waals surface area contributed by atoms with E-state index in [-0.39, 0.29) is 0 Å². The Hall–Kier alpha value is -2.91. The van der Waals surface area contributed by atoms with Gasteiger partial charge in [0, 0.05) is 28.4 Å². The third-order valence-corrected chi connectivity index (χ3v) is 5.48. The van der Waals surface area contributed by atoms with Gasteiger partial charge in [-0.05, 0) is 67.3 Å². The topological polar surface area (TPSA) is 30.5 Å². The van der Waals surface area contributed by atoms with Gasteiger partial charge in [0.05, 0.1) is 7.11 Å². The van der Waals surface area contributed by atoms with Crippen molar-refractivity contribution in [3.63, 3.8) is 0 Å². The maximum absolute atomic E-state index is 6.27. The minimum Gasteiger partial charge on any atom is -0.493 e. The average molecular weight is 422 g/mol. The summed E-state index contributed by atoms with van der Waals surface area (Å²) in [4.78, 5) is 0. The van der Waals surface area contributed by atoms with Crippen LogP contribution in [-0.2, 0) is 19.6 Å². The van der Waals surface area contributed by atoms with Gasteiger partial charge in [-0.15, -0.1) is 6.58 Å². The van der Waals surface area contributed by atoms with Gasteiger partial charge in [-0.1, -0.05) is 41.9 Å². The summed E-state index contributed by atoms with van der Waals surface area (Å²) < 4.78 is 11.8. The van der Waals surface area contributed by atoms with Gasteiger partial charge < -0.3 is 14.8 Å². The molecule has 4 heteroatoms. The smallest absolute Gasteiger partial charge is 0.165 e. The van der Waals surface area contributed by atoms with Crippen molar-refractivity contribution in [2.24, 2.45) is 0 Å². The molecule has 0 saturated carbocycles. The lowest BCUT2D eigenvalue weighted by molar-refractivity contribution is 0.282. The first-order valence-corrected chi connectivity index (χ1v) is 10.4. The van der Waals surface area contributed by atoms with Crippen LogP contribution in [0.5, 0.6) is 11.5 Å². The lowest BCUT2D eigenvalue weighted by Crippen LogP contribution is -2.05. The van der Waals surface area contributed by atoms with E-state index in [1.165, 1.54) is 11.1 Å². The number of ether oxygens (including phenoxy) is 2. The van der Waals surface area contributed by atoms with E-state index in [2.05, 4.69) is 50.0 Å². The average Bonchev–Trinajstić information content (AvgIpc) is 2.74. The van der Waals surface area contributed by atoms with E-state index in [1.807, 2.05) is 36.4 Å². The van der Waals surface area contributed by atoms with Crippen LogP contribution in [0.3, 0.4) is 0 Å². The number of benzene rings is 3. The zero-order chi connectivity index (χ0) is 21.5. The monoisotopic (exact) mass is 421 g/mol. The number of allylic oxidation sites excluding steroid dienone is 1. The van der Waals surface area contributed by atoms with Gasteiger partial charge in [0.15, 0.2) is 11.5 Å². The fourth-order valence-corrected chi connectivity index (χ4v) is 3.46. The number of aryl methyl sites for hydroxylation is 2. The Kier molecular flexibility index (Phi) is 7.42. The lowest BCUT2D eigenvalue weighted by atomic mass is 10.0. The number of rotatable bonds is 9. The molecule has 0 amide bonds. The summed E-state index contributed by atoms with van der Waals surface area (Å²) >= 11 is 6.27. The Morgan fingerprint density at radius 3 is 2.50 bits per heavy atom. The molecule has 0 aliphatic heterocycles. The minimum absolute atomic E-state index is 0.375. The number of anilines is 1. The van der Waals surface area contributed by atoms with Crippen molar-refractivity contribution in [2.45, 2.75) is 33.4 Å². The second kappa shape index (κ2) is 10.2. The van der Waals surface area contributed by atoms with Crippen molar-refractivity contribution < 1.29 is 9.47 Å². The maximum atomic E-state index is 6.27. The molecule has 0 fully saturated rings. The van der Waals surface area contributed by atoms with Gasteiger partial charge in [-0.2, -0.15) is 0 Å². The standard InChI is InChI=1S/C26H28ClNO2/c1-5-8-21-14-20(16-28-23-12-11-18(2)19(3)13-23)15-25(29-4)26(21)30-17-22-9-6-7-10-24(22)27/h5-7,9-15,28H,1,8,16-17H2,2-4H3. The minimum atomic E-state index is 0.375. The SMILES string of the molecule is C=CCc1cc(CNc2ccc(C)c(C)c2)cc(OC)c1OCc1ccccc1Cl. The summed E-state index contributed by atoms with van der Waals surface area (Å²) in [5, 5.41) is 4.19. The highest BCUT2D eigenvalue weighted by Crippen LogP contribution is 2.35. The molecule has 0 saturated heterocycles. The van der Waals surface area contributed by atoms with Crippen molar-refractivity contribution in [3.05, 3.63) is 100 Å². The maximum Gasteiger partial charge on any atom is 0.165 e. The second-order valence-corrected chi connectivity index (χ2v) is 7.72. The van der Waals surface area contributed by atoms with E-state index in [4.69, 9.17) is 21.1 Å². The summed E-state index contributed by atoms with van der Waals surface area (Å²) in [6.07, 6.45) is 2.56. The molecule has 0 atom stereocenters. The molecular formula is C26H28ClNO2. The highest BCUT2D eigenvalue weighted by atomic mass is 35.5. The zero-order valence-corrected chi connectivity index (χ0v) is 18.6. The molecule has 3 nitrogen and oxygen atoms in total. The fraction of sp³-hybridized carbons (Fsp3) is 0.231. The summed E-state index contributed by atoms with van der Waals surface area (Å²) in [7, 11) is 1.66. The van der Waals surface area contributed by atoms with E-state index < -0.39 is 0 Å². The molecule has 0 aliphatic carbocycles. The Labute approximate surface area is 184 Å². The molecule has 3 aromatic carbocycles. The van der Waals surface area contributed by atoms with Crippen molar-refractivity contribution in [2.75, 3.05) is 12.4 Å². The van der Waals surface area contributed by atoms with Gasteiger partial charge in [-0.25, -0.2) is 0 Å². The van der Waals surface area contributed by atoms with Crippen molar-refractivity contribution in [1.82, 2.24) is 0 Å². The molecule has 0 radical (unpaired) electrons. The van der Waals surface area contributed by atoms with Crippen LogP contribution >= 0.6 is 11.6 Å². The van der Waals surface area contributed by atoms with Crippen LogP contribution < -0.4 is 14.8 Å². The van der Waals surface area contributed by atoms with Gasteiger partial charge in [0.2, 0.25) is 0 Å². The van der Waals surface area contributed by atoms with Crippen molar-refractivity contribution in [1.29, 1.82) is 0 Å². The highest BCUT2D eigenvalue weighted by molar-refractivity contribution is 6.31. The molecule has 3 aromatic rings. The predicted octanol–water partition coefficient (Wildman–Crippen LogP) is 6.89. The first-order chi connectivity index (χ1) is 14.5. The molecule has 1 N–H and O–H groups in total. The number of methoxy groups -OCH3 is 1. The quantitative estimate of drug-likeness (QED) is 0.382. The second-order valence-electron chi connectivity index (χ2n) is 7.31. The van der Waals surface area contributed by atoms with E-state index >= 15 is 0 Å². The first-order valence-electron chi connectivity index (χ1n) is 9.99. The zero-order valence-electron chi connectivity index (χ0n) is 17.8. The summed E-state index contributed by atoms with van der Waals surface area (Å²) in [5.74, 6) is 1.44. The van der Waals surface area contributed by atoms with Crippen LogP contribution in [0.15, 0.2) is 67.3 Å². The normalized spacial score (nSPS) is 10.5. The van der Waals surface area contributed by atoms with Crippen molar-refractivity contribution >= 4 is 17.3 Å². The molecule has 0 spiro atoms. The summed E-state index contributed by atoms with van der Waals surface area (Å²) in [6.45, 7) is 9.20. The third kappa shape index (κ3) is 5.37. The molecule has 0 aliphatic rings. The number of hydrogen-bond acceptors (Lipinski definition) is 3. The van der Waals surface area contributed by atoms with Crippen LogP contribution in [0.1, 0.15) is 27.8 Å². The fourth-order valence-electron chi connectivity index (χ4n) is 3.27. The molecule has 0 aromatic heterocycles. The predicted molar refractivity (Wildman–Crippen MR) is 126 cm³/mol. The van der Waals surface area contributed by atoms with Crippen molar-refractivity contribution in [3.8, 4) is 11.5 Å². The first kappa shape index (κ1) is 21.8. The van der Waals surface area contributed by atoms with E-state index in [0.29, 0.717) is 30.3 Å². The van der Waals surface area contributed by atoms with Crippen LogP contribution in [0, 0.1) is 13.8 Å². The van der Waals surface area contributed by atoms with Gasteiger partial charge in [0.25, 0.3) is 0 Å². The number of halogens is 1. The Morgan fingerprint density at radius 2 is 1.80 bits per heavy atom. The molecule has 0 heterocycles. The Bertz CT molecular complexity index is 1030. The van der Waals surface area contributed by atoms with Crippen LogP contribution in [0.4, 0.5) is 5.69 Å². The summed E-state index contributed by atoms with van der Waals surface area (Å²) in [6, 6.07) is 18.2. The summed E-state index contributed by atoms with van der Waals surface area (Å²) in [5.41, 5.74) is 6.75. The van der Waals surface area contributed by atoms with Crippen LogP contribution in [0.25, 0.3) is 0 Å². The molecule has 0 unspecified atom stereocenters. The number of hydrogen-bond donors (Lipinski definition) is 1. The van der Waals surface area contributed by atoms with Gasteiger partial charge in [0.1, 0.15) is 6.61 Å². The van der Waals surface area contributed by atoms with Crippen LogP contribution in [0.2, 0.25) is 5.02 Å². The molecule has 0 bridgehead atoms. The molecular weight excluding hydrogens is 394 g/mol. The van der Waals surface area contributed by atoms with E-state index in [1.54, 1.807) is 7.11 Å². The van der Waals surface area contributed by atoms with Crippen LogP contribution in [-0.4, -0.2) is 7.11 Å². The number of nitrogens with one attached hydrogen (secondary N) is 1. The Morgan fingerprint density at radius 1 is 1.00 bits per heavy atom. The largest absolute Gasteiger partial charge is 0.493 e. The van der Waals surface area contributed by atoms with Gasteiger partial charge in [-0.3, -0.25) is 0 Å². The molecule has 30 heavy (non-hydrogen) atoms. The van der Waals surface area contributed by atoms with E-state index in [0.717, 1.165) is 28.1 Å². The molecule has 156 valence electrons. The Balaban J connectivity index is 1.82. The lowest BCUT2D eigenvalue weighted by Gasteiger charge is -2.18. The highest BCUT2D eigenvalue weighted by Gasteiger charge is 2.14. The third-order valence-electron chi connectivity index (χ3n) is 5.11.